The minimum absolute atomic E-state index is 0.0385. The molecular formula is C18H14ClN3O3S. The van der Waals surface area contributed by atoms with Gasteiger partial charge in [0.1, 0.15) is 0 Å². The second kappa shape index (κ2) is 7.99. The Balaban J connectivity index is 1.77. The van der Waals surface area contributed by atoms with Crippen molar-refractivity contribution in [1.29, 1.82) is 0 Å². The van der Waals surface area contributed by atoms with Crippen molar-refractivity contribution in [3.8, 4) is 11.5 Å². The van der Waals surface area contributed by atoms with Crippen LogP contribution in [0.25, 0.3) is 11.1 Å². The minimum Gasteiger partial charge on any atom is -0.504 e. The van der Waals surface area contributed by atoms with E-state index in [1.807, 2.05) is 18.2 Å². The minimum atomic E-state index is -0.351. The molecule has 0 saturated carbocycles. The van der Waals surface area contributed by atoms with Gasteiger partial charge in [-0.3, -0.25) is 4.79 Å². The molecule has 0 aliphatic heterocycles. The van der Waals surface area contributed by atoms with Crippen molar-refractivity contribution in [3.63, 3.8) is 0 Å². The molecule has 1 amide bonds. The van der Waals surface area contributed by atoms with Gasteiger partial charge in [0.25, 0.3) is 5.91 Å². The van der Waals surface area contributed by atoms with Crippen molar-refractivity contribution in [3.05, 3.63) is 64.1 Å². The summed E-state index contributed by atoms with van der Waals surface area (Å²) in [6.45, 7) is 0. The predicted octanol–water partition coefficient (Wildman–Crippen LogP) is 4.24. The van der Waals surface area contributed by atoms with Crippen LogP contribution in [-0.4, -0.2) is 28.3 Å². The maximum absolute atomic E-state index is 12.2. The monoisotopic (exact) mass is 387 g/mol. The van der Waals surface area contributed by atoms with Crippen LogP contribution in [0.2, 0.25) is 0 Å². The van der Waals surface area contributed by atoms with Crippen LogP contribution in [0.4, 0.5) is 5.69 Å². The Morgan fingerprint density at radius 1 is 1.19 bits per heavy atom. The number of phenolic OH excluding ortho intramolecular Hbond substituents is 1. The molecule has 0 atom stereocenters. The number of aromatic nitrogens is 2. The summed E-state index contributed by atoms with van der Waals surface area (Å²) in [6, 6.07) is 13.9. The molecule has 2 N–H and O–H groups in total. The van der Waals surface area contributed by atoms with Crippen LogP contribution in [0.5, 0.6) is 11.5 Å². The summed E-state index contributed by atoms with van der Waals surface area (Å²) in [6.07, 6.45) is 1.66. The molecule has 6 nitrogen and oxygen atoms in total. The first-order chi connectivity index (χ1) is 12.6. The number of amides is 1. The summed E-state index contributed by atoms with van der Waals surface area (Å²) in [5.41, 5.74) is 1.39. The quantitative estimate of drug-likeness (QED) is 0.684. The molecular weight excluding hydrogens is 374 g/mol. The molecule has 1 heterocycles. The number of hydrogen-bond donors (Lipinski definition) is 2. The molecule has 2 aromatic carbocycles. The summed E-state index contributed by atoms with van der Waals surface area (Å²) in [4.78, 5) is 12.2. The molecule has 0 saturated heterocycles. The van der Waals surface area contributed by atoms with Gasteiger partial charge in [-0.25, -0.2) is 0 Å². The van der Waals surface area contributed by atoms with Crippen molar-refractivity contribution in [2.24, 2.45) is 0 Å². The van der Waals surface area contributed by atoms with Gasteiger partial charge >= 0.3 is 0 Å². The molecule has 1 aromatic heterocycles. The van der Waals surface area contributed by atoms with E-state index in [2.05, 4.69) is 15.5 Å². The largest absolute Gasteiger partial charge is 0.504 e. The van der Waals surface area contributed by atoms with Gasteiger partial charge in [-0.2, -0.15) is 0 Å². The number of hydrogen-bond acceptors (Lipinski definition) is 6. The lowest BCUT2D eigenvalue weighted by Gasteiger charge is -2.04. The molecule has 0 radical (unpaired) electrons. The van der Waals surface area contributed by atoms with Crippen LogP contribution in [0.15, 0.2) is 48.5 Å². The van der Waals surface area contributed by atoms with Crippen LogP contribution >= 0.6 is 22.9 Å². The van der Waals surface area contributed by atoms with Gasteiger partial charge in [-0.05, 0) is 35.9 Å². The van der Waals surface area contributed by atoms with Crippen LogP contribution in [-0.2, 0) is 0 Å². The second-order valence-corrected chi connectivity index (χ2v) is 6.54. The number of nitrogens with one attached hydrogen (secondary N) is 1. The van der Waals surface area contributed by atoms with E-state index in [1.165, 1.54) is 13.2 Å². The van der Waals surface area contributed by atoms with Gasteiger partial charge in [0.2, 0.25) is 5.01 Å². The van der Waals surface area contributed by atoms with E-state index >= 15 is 0 Å². The lowest BCUT2D eigenvalue weighted by atomic mass is 10.2. The number of carbonyl (C=O) groups excluding carboxylic acids is 1. The van der Waals surface area contributed by atoms with Crippen molar-refractivity contribution < 1.29 is 14.6 Å². The highest BCUT2D eigenvalue weighted by atomic mass is 35.5. The van der Waals surface area contributed by atoms with Crippen LogP contribution < -0.4 is 10.1 Å². The van der Waals surface area contributed by atoms with E-state index in [1.54, 1.807) is 30.3 Å². The normalized spacial score (nSPS) is 11.2. The fourth-order valence-electron chi connectivity index (χ4n) is 2.11. The molecule has 132 valence electrons. The fourth-order valence-corrected chi connectivity index (χ4v) is 3.04. The summed E-state index contributed by atoms with van der Waals surface area (Å²) in [7, 11) is 1.46. The number of anilines is 1. The number of carbonyl (C=O) groups is 1. The first-order valence-corrected chi connectivity index (χ1v) is 8.71. The number of rotatable bonds is 5. The number of phenols is 1. The number of para-hydroxylation sites is 1. The zero-order chi connectivity index (χ0) is 18.5. The topological polar surface area (TPSA) is 84.3 Å². The van der Waals surface area contributed by atoms with Gasteiger partial charge in [0, 0.05) is 5.69 Å². The van der Waals surface area contributed by atoms with E-state index in [0.29, 0.717) is 21.5 Å². The Morgan fingerprint density at radius 2 is 1.92 bits per heavy atom. The Hall–Kier alpha value is -2.90. The zero-order valence-electron chi connectivity index (χ0n) is 13.6. The number of nitrogens with zero attached hydrogens (tertiary/aromatic N) is 2. The Bertz CT molecular complexity index is 957. The predicted molar refractivity (Wildman–Crippen MR) is 103 cm³/mol. The third-order valence-electron chi connectivity index (χ3n) is 3.35. The summed E-state index contributed by atoms with van der Waals surface area (Å²) in [5.74, 6) is 0.0238. The molecule has 0 unspecified atom stereocenters. The van der Waals surface area contributed by atoms with E-state index in [0.717, 1.165) is 16.9 Å². The average Bonchev–Trinajstić information content (AvgIpc) is 3.14. The van der Waals surface area contributed by atoms with Crippen molar-refractivity contribution in [2.45, 2.75) is 0 Å². The van der Waals surface area contributed by atoms with E-state index in [4.69, 9.17) is 16.3 Å². The van der Waals surface area contributed by atoms with Crippen molar-refractivity contribution in [1.82, 2.24) is 10.2 Å². The Kier molecular flexibility index (Phi) is 5.50. The third-order valence-corrected chi connectivity index (χ3v) is 4.71. The smallest absolute Gasteiger partial charge is 0.286 e. The van der Waals surface area contributed by atoms with Crippen LogP contribution in [0, 0.1) is 0 Å². The molecule has 26 heavy (non-hydrogen) atoms. The first-order valence-electron chi connectivity index (χ1n) is 7.51. The molecule has 0 aliphatic rings. The number of halogens is 1. The van der Waals surface area contributed by atoms with Gasteiger partial charge in [-0.1, -0.05) is 47.2 Å². The van der Waals surface area contributed by atoms with Crippen molar-refractivity contribution in [2.75, 3.05) is 12.4 Å². The van der Waals surface area contributed by atoms with E-state index in [9.17, 15) is 9.90 Å². The standard InChI is InChI=1S/C18H14ClN3O3S/c1-25-15-10-11(7-8-14(15)23)9-13(19)17-21-22-18(26-17)16(24)20-12-5-3-2-4-6-12/h2-10,23H,1H3,(H,20,24). The van der Waals surface area contributed by atoms with Crippen molar-refractivity contribution >= 4 is 45.6 Å². The van der Waals surface area contributed by atoms with E-state index in [-0.39, 0.29) is 16.7 Å². The molecule has 0 aliphatic carbocycles. The average molecular weight is 388 g/mol. The SMILES string of the molecule is COc1cc(C=C(Cl)c2nnc(C(=O)Nc3ccccc3)s2)ccc1O. The lowest BCUT2D eigenvalue weighted by molar-refractivity contribution is 0.102. The van der Waals surface area contributed by atoms with Gasteiger partial charge in [0.05, 0.1) is 12.1 Å². The maximum Gasteiger partial charge on any atom is 0.286 e. The van der Waals surface area contributed by atoms with Gasteiger partial charge in [0.15, 0.2) is 16.5 Å². The fraction of sp³-hybridized carbons (Fsp3) is 0.0556. The highest BCUT2D eigenvalue weighted by molar-refractivity contribution is 7.15. The van der Waals surface area contributed by atoms with E-state index < -0.39 is 0 Å². The molecule has 8 heteroatoms. The molecule has 0 fully saturated rings. The maximum atomic E-state index is 12.2. The highest BCUT2D eigenvalue weighted by Crippen LogP contribution is 2.30. The highest BCUT2D eigenvalue weighted by Gasteiger charge is 2.15. The molecule has 3 rings (SSSR count). The van der Waals surface area contributed by atoms with Crippen LogP contribution in [0.1, 0.15) is 20.4 Å². The van der Waals surface area contributed by atoms with Gasteiger partial charge < -0.3 is 15.2 Å². The molecule has 0 spiro atoms. The Labute approximate surface area is 158 Å². The number of methoxy groups -OCH3 is 1. The first kappa shape index (κ1) is 17.9. The third kappa shape index (κ3) is 4.19. The molecule has 3 aromatic rings. The van der Waals surface area contributed by atoms with Gasteiger partial charge in [-0.15, -0.1) is 10.2 Å². The second-order valence-electron chi connectivity index (χ2n) is 5.16. The zero-order valence-corrected chi connectivity index (χ0v) is 15.2. The number of aromatic hydroxyl groups is 1. The summed E-state index contributed by atoms with van der Waals surface area (Å²) < 4.78 is 5.06. The summed E-state index contributed by atoms with van der Waals surface area (Å²) >= 11 is 7.37. The number of benzene rings is 2. The Morgan fingerprint density at radius 3 is 2.65 bits per heavy atom. The molecule has 0 bridgehead atoms. The summed E-state index contributed by atoms with van der Waals surface area (Å²) in [5, 5.41) is 21.2. The number of ether oxygens (including phenoxy) is 1. The lowest BCUT2D eigenvalue weighted by Crippen LogP contribution is -2.11. The van der Waals surface area contributed by atoms with Crippen LogP contribution in [0.3, 0.4) is 0 Å².